The van der Waals surface area contributed by atoms with Gasteiger partial charge in [0.2, 0.25) is 21.8 Å². The van der Waals surface area contributed by atoms with Crippen molar-refractivity contribution in [1.82, 2.24) is 10.2 Å². The first-order valence-electron chi connectivity index (χ1n) is 12.7. The van der Waals surface area contributed by atoms with Gasteiger partial charge in [-0.1, -0.05) is 55.8 Å². The van der Waals surface area contributed by atoms with Crippen molar-refractivity contribution in [3.63, 3.8) is 0 Å². The molecule has 0 aromatic heterocycles. The summed E-state index contributed by atoms with van der Waals surface area (Å²) in [7, 11) is -3.51. The molecule has 2 atom stereocenters. The fourth-order valence-corrected chi connectivity index (χ4v) is 4.92. The van der Waals surface area contributed by atoms with Crippen LogP contribution in [-0.4, -0.2) is 50.0 Å². The van der Waals surface area contributed by atoms with E-state index in [1.54, 1.807) is 24.0 Å². The Balaban J connectivity index is 2.17. The molecule has 2 aromatic rings. The first-order chi connectivity index (χ1) is 17.0. The van der Waals surface area contributed by atoms with Crippen LogP contribution in [0.3, 0.4) is 0 Å². The Morgan fingerprint density at radius 1 is 1.00 bits per heavy atom. The van der Waals surface area contributed by atoms with Crippen molar-refractivity contribution in [3.05, 3.63) is 65.2 Å². The largest absolute Gasteiger partial charge is 0.352 e. The first kappa shape index (κ1) is 29.4. The van der Waals surface area contributed by atoms with Gasteiger partial charge in [0, 0.05) is 25.6 Å². The normalized spacial score (nSPS) is 13.1. The van der Waals surface area contributed by atoms with Crippen molar-refractivity contribution >= 4 is 27.5 Å². The minimum atomic E-state index is -3.51. The number of aryl methyl sites for hydroxylation is 2. The molecule has 7 nitrogen and oxygen atoms in total. The van der Waals surface area contributed by atoms with E-state index in [9.17, 15) is 18.0 Å². The van der Waals surface area contributed by atoms with E-state index < -0.39 is 16.1 Å². The van der Waals surface area contributed by atoms with Crippen LogP contribution in [-0.2, 0) is 32.6 Å². The second kappa shape index (κ2) is 13.4. The summed E-state index contributed by atoms with van der Waals surface area (Å²) >= 11 is 0. The molecule has 1 N–H and O–H groups in total. The standard InChI is InChI=1S/C28H41N3O4S/c1-7-22(4)29-28(33)23(5)30(20-25-12-9-11-21(3)19-25)27(32)13-10-18-31(36(6,34)35)26-16-14-24(8-2)15-17-26/h9,11-12,14-17,19,22-23H,7-8,10,13,18,20H2,1-6H3,(H,29,33)/t22-,23-/m0/s1. The smallest absolute Gasteiger partial charge is 0.242 e. The molecule has 2 rings (SSSR count). The second-order valence-corrected chi connectivity index (χ2v) is 11.4. The van der Waals surface area contributed by atoms with Crippen molar-refractivity contribution in [2.24, 2.45) is 0 Å². The lowest BCUT2D eigenvalue weighted by Gasteiger charge is -2.30. The van der Waals surface area contributed by atoms with Crippen molar-refractivity contribution in [3.8, 4) is 0 Å². The number of carbonyl (C=O) groups is 2. The Kier molecular flexibility index (Phi) is 11.0. The van der Waals surface area contributed by atoms with Crippen LogP contribution in [0.4, 0.5) is 5.69 Å². The summed E-state index contributed by atoms with van der Waals surface area (Å²) in [5, 5.41) is 2.97. The van der Waals surface area contributed by atoms with E-state index in [0.717, 1.165) is 29.5 Å². The van der Waals surface area contributed by atoms with Crippen LogP contribution >= 0.6 is 0 Å². The number of anilines is 1. The predicted octanol–water partition coefficient (Wildman–Crippen LogP) is 4.44. The van der Waals surface area contributed by atoms with Crippen LogP contribution in [0.25, 0.3) is 0 Å². The topological polar surface area (TPSA) is 86.8 Å². The van der Waals surface area contributed by atoms with Crippen LogP contribution in [0, 0.1) is 6.92 Å². The number of hydrogen-bond acceptors (Lipinski definition) is 4. The van der Waals surface area contributed by atoms with Gasteiger partial charge in [0.1, 0.15) is 6.04 Å². The molecule has 0 saturated carbocycles. The van der Waals surface area contributed by atoms with Crippen molar-refractivity contribution in [1.29, 1.82) is 0 Å². The zero-order valence-corrected chi connectivity index (χ0v) is 23.3. The van der Waals surface area contributed by atoms with Crippen LogP contribution in [0.15, 0.2) is 48.5 Å². The Morgan fingerprint density at radius 3 is 2.22 bits per heavy atom. The monoisotopic (exact) mass is 515 g/mol. The van der Waals surface area contributed by atoms with Crippen molar-refractivity contribution < 1.29 is 18.0 Å². The lowest BCUT2D eigenvalue weighted by molar-refractivity contribution is -0.140. The van der Waals surface area contributed by atoms with Crippen molar-refractivity contribution in [2.75, 3.05) is 17.1 Å². The first-order valence-corrected chi connectivity index (χ1v) is 14.5. The third-order valence-electron chi connectivity index (χ3n) is 6.39. The van der Waals surface area contributed by atoms with Crippen LogP contribution in [0.5, 0.6) is 0 Å². The van der Waals surface area contributed by atoms with Gasteiger partial charge in [-0.25, -0.2) is 8.42 Å². The number of rotatable bonds is 13. The molecule has 0 radical (unpaired) electrons. The Hall–Kier alpha value is -2.87. The van der Waals surface area contributed by atoms with Crippen LogP contribution in [0.2, 0.25) is 0 Å². The maximum atomic E-state index is 13.4. The maximum absolute atomic E-state index is 13.4. The molecule has 0 bridgehead atoms. The molecule has 0 unspecified atom stereocenters. The van der Waals surface area contributed by atoms with E-state index in [0.29, 0.717) is 18.7 Å². The maximum Gasteiger partial charge on any atom is 0.242 e. The average Bonchev–Trinajstić information content (AvgIpc) is 2.83. The molecular weight excluding hydrogens is 474 g/mol. The molecule has 0 saturated heterocycles. The molecule has 2 aromatic carbocycles. The minimum Gasteiger partial charge on any atom is -0.352 e. The predicted molar refractivity (Wildman–Crippen MR) is 146 cm³/mol. The van der Waals surface area contributed by atoms with E-state index in [1.165, 1.54) is 10.6 Å². The molecule has 2 amide bonds. The minimum absolute atomic E-state index is 0.0123. The fourth-order valence-electron chi connectivity index (χ4n) is 3.96. The van der Waals surface area contributed by atoms with Crippen molar-refractivity contribution in [2.45, 2.75) is 78.9 Å². The third-order valence-corrected chi connectivity index (χ3v) is 7.58. The molecule has 0 aliphatic heterocycles. The second-order valence-electron chi connectivity index (χ2n) is 9.46. The molecule has 8 heteroatoms. The van der Waals surface area contributed by atoms with Gasteiger partial charge in [0.25, 0.3) is 0 Å². The zero-order valence-electron chi connectivity index (χ0n) is 22.5. The highest BCUT2D eigenvalue weighted by Crippen LogP contribution is 2.20. The number of amides is 2. The number of nitrogens with one attached hydrogen (secondary N) is 1. The molecule has 0 aliphatic carbocycles. The molecule has 36 heavy (non-hydrogen) atoms. The summed E-state index contributed by atoms with van der Waals surface area (Å²) in [6.45, 7) is 10.2. The molecule has 0 spiro atoms. The molecular formula is C28H41N3O4S. The van der Waals surface area contributed by atoms with Gasteiger partial charge in [0.05, 0.1) is 11.9 Å². The lowest BCUT2D eigenvalue weighted by Crippen LogP contribution is -2.49. The third kappa shape index (κ3) is 8.66. The van der Waals surface area contributed by atoms with Gasteiger partial charge < -0.3 is 10.2 Å². The summed E-state index contributed by atoms with van der Waals surface area (Å²) < 4.78 is 26.3. The van der Waals surface area contributed by atoms with E-state index in [1.807, 2.05) is 64.1 Å². The van der Waals surface area contributed by atoms with Gasteiger partial charge in [0.15, 0.2) is 0 Å². The lowest BCUT2D eigenvalue weighted by atomic mass is 10.1. The van der Waals surface area contributed by atoms with Crippen LogP contribution < -0.4 is 9.62 Å². The van der Waals surface area contributed by atoms with Gasteiger partial charge in [-0.15, -0.1) is 0 Å². The SMILES string of the molecule is CCc1ccc(N(CCCC(=O)N(Cc2cccc(C)c2)[C@@H](C)C(=O)N[C@@H](C)CC)S(C)(=O)=O)cc1. The van der Waals surface area contributed by atoms with Gasteiger partial charge >= 0.3 is 0 Å². The fraction of sp³-hybridized carbons (Fsp3) is 0.500. The van der Waals surface area contributed by atoms with E-state index >= 15 is 0 Å². The quantitative estimate of drug-likeness (QED) is 0.427. The number of benzene rings is 2. The summed E-state index contributed by atoms with van der Waals surface area (Å²) in [6.07, 6.45) is 3.31. The van der Waals surface area contributed by atoms with E-state index in [-0.39, 0.29) is 30.8 Å². The Bertz CT molecular complexity index is 1120. The average molecular weight is 516 g/mol. The highest BCUT2D eigenvalue weighted by atomic mass is 32.2. The Labute approximate surface area is 216 Å². The summed E-state index contributed by atoms with van der Waals surface area (Å²) in [6, 6.07) is 14.7. The summed E-state index contributed by atoms with van der Waals surface area (Å²) in [4.78, 5) is 27.8. The highest BCUT2D eigenvalue weighted by Gasteiger charge is 2.27. The molecule has 0 heterocycles. The van der Waals surface area contributed by atoms with Gasteiger partial charge in [-0.3, -0.25) is 13.9 Å². The van der Waals surface area contributed by atoms with E-state index in [2.05, 4.69) is 5.32 Å². The molecule has 0 fully saturated rings. The van der Waals surface area contributed by atoms with Crippen LogP contribution in [0.1, 0.15) is 63.6 Å². The van der Waals surface area contributed by atoms with Gasteiger partial charge in [-0.05, 0) is 63.3 Å². The number of carbonyl (C=O) groups excluding carboxylic acids is 2. The summed E-state index contributed by atoms with van der Waals surface area (Å²) in [5.74, 6) is -0.378. The van der Waals surface area contributed by atoms with Gasteiger partial charge in [-0.2, -0.15) is 0 Å². The number of sulfonamides is 1. The summed E-state index contributed by atoms with van der Waals surface area (Å²) in [5.41, 5.74) is 3.73. The molecule has 0 aliphatic rings. The zero-order chi connectivity index (χ0) is 26.9. The number of nitrogens with zero attached hydrogens (tertiary/aromatic N) is 2. The molecule has 198 valence electrons. The Morgan fingerprint density at radius 2 is 1.67 bits per heavy atom. The number of hydrogen-bond donors (Lipinski definition) is 1. The highest BCUT2D eigenvalue weighted by molar-refractivity contribution is 7.92. The van der Waals surface area contributed by atoms with E-state index in [4.69, 9.17) is 0 Å².